The van der Waals surface area contributed by atoms with E-state index in [2.05, 4.69) is 10.4 Å². The fourth-order valence-electron chi connectivity index (χ4n) is 1.81. The molecule has 1 unspecified atom stereocenters. The maximum absolute atomic E-state index is 13.6. The number of nitrogens with one attached hydrogen (secondary N) is 1. The summed E-state index contributed by atoms with van der Waals surface area (Å²) < 4.78 is 26.8. The van der Waals surface area contributed by atoms with Crippen LogP contribution in [0.25, 0.3) is 0 Å². The van der Waals surface area contributed by atoms with Gasteiger partial charge in [0.1, 0.15) is 0 Å². The smallest absolute Gasteiger partial charge is 0.162 e. The standard InChI is InChI=1S/C13H12ClF2N3/c14-9-4-2-6-18-13(9)11(19-17)7-8-3-1-5-10(15)12(8)16/h1-6,11,19H,7,17H2. The average Bonchev–Trinajstić information content (AvgIpc) is 2.41. The summed E-state index contributed by atoms with van der Waals surface area (Å²) in [6.45, 7) is 0. The zero-order valence-corrected chi connectivity index (χ0v) is 10.7. The number of halogens is 3. The molecule has 1 heterocycles. The van der Waals surface area contributed by atoms with Crippen LogP contribution in [0.15, 0.2) is 36.5 Å². The molecule has 2 aromatic rings. The van der Waals surface area contributed by atoms with E-state index >= 15 is 0 Å². The highest BCUT2D eigenvalue weighted by atomic mass is 35.5. The summed E-state index contributed by atoms with van der Waals surface area (Å²) in [7, 11) is 0. The molecule has 0 aliphatic rings. The van der Waals surface area contributed by atoms with Crippen LogP contribution in [0, 0.1) is 11.6 Å². The highest BCUT2D eigenvalue weighted by Crippen LogP contribution is 2.24. The molecule has 6 heteroatoms. The lowest BCUT2D eigenvalue weighted by Crippen LogP contribution is -2.30. The second kappa shape index (κ2) is 6.06. The van der Waals surface area contributed by atoms with Gasteiger partial charge in [-0.15, -0.1) is 0 Å². The molecule has 1 atom stereocenters. The predicted octanol–water partition coefficient (Wildman–Crippen LogP) is 2.76. The Bertz CT molecular complexity index is 578. The van der Waals surface area contributed by atoms with Crippen molar-refractivity contribution in [3.8, 4) is 0 Å². The summed E-state index contributed by atoms with van der Waals surface area (Å²) in [5.74, 6) is 3.68. The van der Waals surface area contributed by atoms with Crippen molar-refractivity contribution in [2.24, 2.45) is 5.84 Å². The van der Waals surface area contributed by atoms with Crippen molar-refractivity contribution in [3.05, 3.63) is 64.4 Å². The summed E-state index contributed by atoms with van der Waals surface area (Å²) >= 11 is 6.01. The van der Waals surface area contributed by atoms with Gasteiger partial charge >= 0.3 is 0 Å². The molecule has 0 saturated heterocycles. The van der Waals surface area contributed by atoms with E-state index in [0.29, 0.717) is 10.7 Å². The van der Waals surface area contributed by atoms with E-state index in [0.717, 1.165) is 6.07 Å². The van der Waals surface area contributed by atoms with Crippen molar-refractivity contribution < 1.29 is 8.78 Å². The molecule has 100 valence electrons. The topological polar surface area (TPSA) is 50.9 Å². The first-order valence-electron chi connectivity index (χ1n) is 5.63. The number of rotatable bonds is 4. The normalized spacial score (nSPS) is 12.4. The van der Waals surface area contributed by atoms with Crippen LogP contribution in [-0.4, -0.2) is 4.98 Å². The van der Waals surface area contributed by atoms with Gasteiger partial charge in [-0.2, -0.15) is 0 Å². The predicted molar refractivity (Wildman–Crippen MR) is 69.4 cm³/mol. The monoisotopic (exact) mass is 283 g/mol. The molecule has 2 rings (SSSR count). The van der Waals surface area contributed by atoms with Crippen molar-refractivity contribution in [2.75, 3.05) is 0 Å². The summed E-state index contributed by atoms with van der Waals surface area (Å²) in [5, 5.41) is 0.419. The Kier molecular flexibility index (Phi) is 4.42. The van der Waals surface area contributed by atoms with Gasteiger partial charge < -0.3 is 0 Å². The van der Waals surface area contributed by atoms with Gasteiger partial charge in [-0.1, -0.05) is 23.7 Å². The van der Waals surface area contributed by atoms with Gasteiger partial charge in [-0.3, -0.25) is 16.3 Å². The van der Waals surface area contributed by atoms with Gasteiger partial charge in [0, 0.05) is 6.20 Å². The van der Waals surface area contributed by atoms with E-state index in [1.807, 2.05) is 0 Å². The van der Waals surface area contributed by atoms with Crippen molar-refractivity contribution in [2.45, 2.75) is 12.5 Å². The van der Waals surface area contributed by atoms with Crippen molar-refractivity contribution in [1.82, 2.24) is 10.4 Å². The highest BCUT2D eigenvalue weighted by Gasteiger charge is 2.18. The number of pyridine rings is 1. The lowest BCUT2D eigenvalue weighted by atomic mass is 10.0. The van der Waals surface area contributed by atoms with Crippen molar-refractivity contribution in [1.29, 1.82) is 0 Å². The number of nitrogens with zero attached hydrogens (tertiary/aromatic N) is 1. The fraction of sp³-hybridized carbons (Fsp3) is 0.154. The number of hydrogen-bond acceptors (Lipinski definition) is 3. The Morgan fingerprint density at radius 2 is 2.05 bits per heavy atom. The molecule has 0 spiro atoms. The van der Waals surface area contributed by atoms with Crippen LogP contribution in [0.2, 0.25) is 5.02 Å². The lowest BCUT2D eigenvalue weighted by Gasteiger charge is -2.17. The van der Waals surface area contributed by atoms with Crippen LogP contribution in [-0.2, 0) is 6.42 Å². The maximum Gasteiger partial charge on any atom is 0.162 e. The SMILES string of the molecule is NNC(Cc1cccc(F)c1F)c1ncccc1Cl. The molecule has 0 fully saturated rings. The Hall–Kier alpha value is -1.56. The molecular formula is C13H12ClF2N3. The molecular weight excluding hydrogens is 272 g/mol. The molecule has 0 radical (unpaired) electrons. The largest absolute Gasteiger partial charge is 0.271 e. The fourth-order valence-corrected chi connectivity index (χ4v) is 2.07. The Morgan fingerprint density at radius 1 is 1.26 bits per heavy atom. The van der Waals surface area contributed by atoms with E-state index in [1.54, 1.807) is 18.3 Å². The minimum absolute atomic E-state index is 0.150. The second-order valence-corrected chi connectivity index (χ2v) is 4.41. The highest BCUT2D eigenvalue weighted by molar-refractivity contribution is 6.31. The Morgan fingerprint density at radius 3 is 2.74 bits per heavy atom. The summed E-state index contributed by atoms with van der Waals surface area (Å²) in [6.07, 6.45) is 1.71. The molecule has 1 aromatic heterocycles. The number of aromatic nitrogens is 1. The first-order valence-corrected chi connectivity index (χ1v) is 6.00. The minimum atomic E-state index is -0.889. The molecule has 0 amide bonds. The van der Waals surface area contributed by atoms with Crippen LogP contribution in [0.5, 0.6) is 0 Å². The quantitative estimate of drug-likeness (QED) is 0.670. The van der Waals surface area contributed by atoms with E-state index in [4.69, 9.17) is 17.4 Å². The Balaban J connectivity index is 2.30. The van der Waals surface area contributed by atoms with Crippen molar-refractivity contribution in [3.63, 3.8) is 0 Å². The lowest BCUT2D eigenvalue weighted by molar-refractivity contribution is 0.478. The third-order valence-corrected chi connectivity index (χ3v) is 3.09. The molecule has 0 bridgehead atoms. The van der Waals surface area contributed by atoms with Crippen LogP contribution < -0.4 is 11.3 Å². The Labute approximate surface area is 114 Å². The van der Waals surface area contributed by atoms with E-state index < -0.39 is 17.7 Å². The van der Waals surface area contributed by atoms with Gasteiger partial charge in [0.15, 0.2) is 11.6 Å². The third kappa shape index (κ3) is 3.07. The molecule has 3 N–H and O–H groups in total. The van der Waals surface area contributed by atoms with Crippen LogP contribution in [0.3, 0.4) is 0 Å². The summed E-state index contributed by atoms with van der Waals surface area (Å²) in [6, 6.07) is 6.86. The molecule has 0 aliphatic carbocycles. The molecule has 0 saturated carbocycles. The van der Waals surface area contributed by atoms with E-state index in [9.17, 15) is 8.78 Å². The van der Waals surface area contributed by atoms with Crippen LogP contribution >= 0.6 is 11.6 Å². The molecule has 19 heavy (non-hydrogen) atoms. The number of nitrogens with two attached hydrogens (primary N) is 1. The summed E-state index contributed by atoms with van der Waals surface area (Å²) in [5.41, 5.74) is 3.23. The third-order valence-electron chi connectivity index (χ3n) is 2.77. The van der Waals surface area contributed by atoms with Crippen molar-refractivity contribution >= 4 is 11.6 Å². The minimum Gasteiger partial charge on any atom is -0.271 e. The zero-order valence-electron chi connectivity index (χ0n) is 9.91. The number of hydrazine groups is 1. The van der Waals surface area contributed by atoms with Crippen LogP contribution in [0.4, 0.5) is 8.78 Å². The van der Waals surface area contributed by atoms with Gasteiger partial charge in [-0.05, 0) is 30.2 Å². The van der Waals surface area contributed by atoms with Gasteiger partial charge in [-0.25, -0.2) is 8.78 Å². The number of hydrogen-bond donors (Lipinski definition) is 2. The molecule has 3 nitrogen and oxygen atoms in total. The zero-order chi connectivity index (χ0) is 13.8. The van der Waals surface area contributed by atoms with Gasteiger partial charge in [0.05, 0.1) is 16.8 Å². The molecule has 1 aromatic carbocycles. The van der Waals surface area contributed by atoms with Crippen LogP contribution in [0.1, 0.15) is 17.3 Å². The van der Waals surface area contributed by atoms with E-state index in [-0.39, 0.29) is 12.0 Å². The average molecular weight is 284 g/mol. The van der Waals surface area contributed by atoms with Gasteiger partial charge in [0.2, 0.25) is 0 Å². The summed E-state index contributed by atoms with van der Waals surface area (Å²) in [4.78, 5) is 4.11. The molecule has 0 aliphatic heterocycles. The second-order valence-electron chi connectivity index (χ2n) is 4.01. The first-order chi connectivity index (χ1) is 9.13. The van der Waals surface area contributed by atoms with Gasteiger partial charge in [0.25, 0.3) is 0 Å². The van der Waals surface area contributed by atoms with E-state index in [1.165, 1.54) is 12.1 Å². The number of benzene rings is 1. The maximum atomic E-state index is 13.6. The first kappa shape index (κ1) is 13.9.